The Hall–Kier alpha value is -1.75. The van der Waals surface area contributed by atoms with Crippen LogP contribution in [0.4, 0.5) is 0 Å². The lowest BCUT2D eigenvalue weighted by Crippen LogP contribution is -2.38. The van der Waals surface area contributed by atoms with Crippen LogP contribution in [0.3, 0.4) is 0 Å². The molecule has 2 aliphatic heterocycles. The summed E-state index contributed by atoms with van der Waals surface area (Å²) in [6.45, 7) is 4.49. The lowest BCUT2D eigenvalue weighted by Gasteiger charge is -2.23. The van der Waals surface area contributed by atoms with Crippen LogP contribution in [0, 0.1) is 0 Å². The zero-order chi connectivity index (χ0) is 16.6. The van der Waals surface area contributed by atoms with Crippen molar-refractivity contribution in [3.8, 4) is 11.5 Å². The minimum Gasteiger partial charge on any atom is -0.490 e. The van der Waals surface area contributed by atoms with E-state index in [-0.39, 0.29) is 5.91 Å². The summed E-state index contributed by atoms with van der Waals surface area (Å²) in [4.78, 5) is 14.5. The Labute approximate surface area is 144 Å². The van der Waals surface area contributed by atoms with Crippen LogP contribution in [-0.4, -0.2) is 43.7 Å². The number of hydrogen-bond donors (Lipinski definition) is 1. The molecule has 2 aliphatic rings. The zero-order valence-corrected chi connectivity index (χ0v) is 14.4. The summed E-state index contributed by atoms with van der Waals surface area (Å²) in [6.07, 6.45) is 7.22. The Morgan fingerprint density at radius 1 is 0.958 bits per heavy atom. The zero-order valence-electron chi connectivity index (χ0n) is 14.4. The van der Waals surface area contributed by atoms with E-state index in [1.807, 2.05) is 18.2 Å². The van der Waals surface area contributed by atoms with Crippen LogP contribution in [0.2, 0.25) is 0 Å². The summed E-state index contributed by atoms with van der Waals surface area (Å²) in [7, 11) is 0. The van der Waals surface area contributed by atoms with Gasteiger partial charge in [0.1, 0.15) is 0 Å². The van der Waals surface area contributed by atoms with Gasteiger partial charge in [0, 0.05) is 13.0 Å². The summed E-state index contributed by atoms with van der Waals surface area (Å²) in [5.41, 5.74) is 1.04. The quantitative estimate of drug-likeness (QED) is 0.921. The Morgan fingerprint density at radius 3 is 2.46 bits per heavy atom. The maximum absolute atomic E-state index is 12.2. The molecule has 1 saturated heterocycles. The third-order valence-corrected chi connectivity index (χ3v) is 4.62. The van der Waals surface area contributed by atoms with Crippen molar-refractivity contribution in [2.45, 2.75) is 45.1 Å². The van der Waals surface area contributed by atoms with E-state index >= 15 is 0 Å². The average Bonchev–Trinajstić information content (AvgIpc) is 2.80. The smallest absolute Gasteiger partial charge is 0.234 e. The monoisotopic (exact) mass is 332 g/mol. The van der Waals surface area contributed by atoms with E-state index in [9.17, 15) is 4.79 Å². The number of hydrogen-bond acceptors (Lipinski definition) is 4. The van der Waals surface area contributed by atoms with E-state index in [2.05, 4.69) is 10.2 Å². The molecule has 0 saturated carbocycles. The Kier molecular flexibility index (Phi) is 6.35. The van der Waals surface area contributed by atoms with Crippen molar-refractivity contribution >= 4 is 5.91 Å². The van der Waals surface area contributed by atoms with Gasteiger partial charge in [-0.3, -0.25) is 9.69 Å². The molecule has 2 heterocycles. The first-order chi connectivity index (χ1) is 11.8. The van der Waals surface area contributed by atoms with Gasteiger partial charge in [0.05, 0.1) is 19.8 Å². The Bertz CT molecular complexity index is 539. The lowest BCUT2D eigenvalue weighted by molar-refractivity contribution is -0.122. The number of benzene rings is 1. The molecule has 0 unspecified atom stereocenters. The number of carbonyl (C=O) groups excluding carboxylic acids is 1. The number of ether oxygens (including phenoxy) is 2. The fraction of sp³-hybridized carbons (Fsp3) is 0.632. The van der Waals surface area contributed by atoms with Crippen LogP contribution < -0.4 is 14.8 Å². The van der Waals surface area contributed by atoms with Crippen molar-refractivity contribution in [2.24, 2.45) is 0 Å². The highest BCUT2D eigenvalue weighted by Gasteiger charge is 2.13. The van der Waals surface area contributed by atoms with Crippen molar-refractivity contribution in [3.63, 3.8) is 0 Å². The molecule has 24 heavy (non-hydrogen) atoms. The van der Waals surface area contributed by atoms with Crippen molar-refractivity contribution in [1.29, 1.82) is 0 Å². The van der Waals surface area contributed by atoms with Crippen LogP contribution in [0.5, 0.6) is 11.5 Å². The molecule has 0 atom stereocenters. The normalized spacial score (nSPS) is 19.0. The molecule has 0 aromatic heterocycles. The maximum atomic E-state index is 12.2. The molecule has 0 aliphatic carbocycles. The summed E-state index contributed by atoms with van der Waals surface area (Å²) in [6, 6.07) is 5.89. The number of amides is 1. The lowest BCUT2D eigenvalue weighted by atomic mass is 10.1. The molecule has 1 amide bonds. The second kappa shape index (κ2) is 8.92. The highest BCUT2D eigenvalue weighted by Crippen LogP contribution is 2.30. The van der Waals surface area contributed by atoms with E-state index in [4.69, 9.17) is 9.47 Å². The molecule has 0 spiro atoms. The van der Waals surface area contributed by atoms with Crippen LogP contribution >= 0.6 is 0 Å². The van der Waals surface area contributed by atoms with Gasteiger partial charge < -0.3 is 14.8 Å². The number of likely N-dealkylation sites (tertiary alicyclic amines) is 1. The summed E-state index contributed by atoms with van der Waals surface area (Å²) >= 11 is 0. The topological polar surface area (TPSA) is 50.8 Å². The fourth-order valence-electron chi connectivity index (χ4n) is 3.25. The van der Waals surface area contributed by atoms with Gasteiger partial charge in [-0.25, -0.2) is 0 Å². The Balaban J connectivity index is 1.48. The van der Waals surface area contributed by atoms with Gasteiger partial charge in [-0.15, -0.1) is 0 Å². The molecule has 132 valence electrons. The van der Waals surface area contributed by atoms with Gasteiger partial charge in [0.15, 0.2) is 11.5 Å². The van der Waals surface area contributed by atoms with Gasteiger partial charge >= 0.3 is 0 Å². The second-order valence-electron chi connectivity index (χ2n) is 6.65. The number of nitrogens with zero attached hydrogens (tertiary/aromatic N) is 1. The molecule has 0 radical (unpaired) electrons. The minimum atomic E-state index is 0.0997. The molecule has 3 rings (SSSR count). The molecule has 0 bridgehead atoms. The molecule has 1 aromatic carbocycles. The average molecular weight is 332 g/mol. The second-order valence-corrected chi connectivity index (χ2v) is 6.65. The molecular formula is C19H28N2O3. The number of carbonyl (C=O) groups is 1. The number of nitrogens with one attached hydrogen (secondary N) is 1. The predicted octanol–water partition coefficient (Wildman–Crippen LogP) is 2.73. The molecule has 1 fully saturated rings. The third kappa shape index (κ3) is 5.13. The number of fused-ring (bicyclic) bond motifs is 1. The third-order valence-electron chi connectivity index (χ3n) is 4.62. The van der Waals surface area contributed by atoms with Gasteiger partial charge in [0.25, 0.3) is 0 Å². The highest BCUT2D eigenvalue weighted by atomic mass is 16.5. The van der Waals surface area contributed by atoms with Crippen molar-refractivity contribution < 1.29 is 14.3 Å². The van der Waals surface area contributed by atoms with Crippen LogP contribution in [0.1, 0.15) is 44.1 Å². The first-order valence-electron chi connectivity index (χ1n) is 9.19. The van der Waals surface area contributed by atoms with Crippen molar-refractivity contribution in [3.05, 3.63) is 23.8 Å². The highest BCUT2D eigenvalue weighted by molar-refractivity contribution is 5.78. The van der Waals surface area contributed by atoms with E-state index in [0.717, 1.165) is 36.6 Å². The van der Waals surface area contributed by atoms with Gasteiger partial charge in [-0.2, -0.15) is 0 Å². The summed E-state index contributed by atoms with van der Waals surface area (Å²) < 4.78 is 11.3. The van der Waals surface area contributed by atoms with Gasteiger partial charge in [0.2, 0.25) is 5.91 Å². The van der Waals surface area contributed by atoms with Gasteiger partial charge in [-0.1, -0.05) is 25.3 Å². The summed E-state index contributed by atoms with van der Waals surface area (Å²) in [5, 5.41) is 3.03. The minimum absolute atomic E-state index is 0.0997. The van der Waals surface area contributed by atoms with E-state index < -0.39 is 0 Å². The largest absolute Gasteiger partial charge is 0.490 e. The van der Waals surface area contributed by atoms with E-state index in [1.54, 1.807) is 0 Å². The van der Waals surface area contributed by atoms with E-state index in [0.29, 0.717) is 26.3 Å². The van der Waals surface area contributed by atoms with Gasteiger partial charge in [-0.05, 0) is 43.6 Å². The van der Waals surface area contributed by atoms with Crippen LogP contribution in [0.15, 0.2) is 18.2 Å². The van der Waals surface area contributed by atoms with Crippen LogP contribution in [0.25, 0.3) is 0 Å². The Morgan fingerprint density at radius 2 is 1.67 bits per heavy atom. The molecule has 5 heteroatoms. The van der Waals surface area contributed by atoms with Crippen molar-refractivity contribution in [1.82, 2.24) is 10.2 Å². The SMILES string of the molecule is O=C(CN1CCCCCCC1)NCc1ccc2c(c1)OCCCO2. The first-order valence-corrected chi connectivity index (χ1v) is 9.19. The standard InChI is InChI=1S/C19H28N2O3/c22-19(15-21-9-4-2-1-3-5-10-21)20-14-16-7-8-17-18(13-16)24-12-6-11-23-17/h7-8,13H,1-6,9-12,14-15H2,(H,20,22). The summed E-state index contributed by atoms with van der Waals surface area (Å²) in [5.74, 6) is 1.67. The predicted molar refractivity (Wildman–Crippen MR) is 93.4 cm³/mol. The maximum Gasteiger partial charge on any atom is 0.234 e. The molecule has 5 nitrogen and oxygen atoms in total. The molecular weight excluding hydrogens is 304 g/mol. The van der Waals surface area contributed by atoms with Crippen molar-refractivity contribution in [2.75, 3.05) is 32.8 Å². The van der Waals surface area contributed by atoms with E-state index in [1.165, 1.54) is 32.1 Å². The molecule has 1 aromatic rings. The molecule has 1 N–H and O–H groups in total. The fourth-order valence-corrected chi connectivity index (χ4v) is 3.25. The number of rotatable bonds is 4. The van der Waals surface area contributed by atoms with Crippen LogP contribution in [-0.2, 0) is 11.3 Å². The first kappa shape index (κ1) is 17.1.